The van der Waals surface area contributed by atoms with Gasteiger partial charge in [-0.3, -0.25) is 0 Å². The third-order valence-corrected chi connectivity index (χ3v) is 2.34. The van der Waals surface area contributed by atoms with Crippen molar-refractivity contribution in [2.45, 2.75) is 0 Å². The van der Waals surface area contributed by atoms with Gasteiger partial charge in [0, 0.05) is 11.4 Å². The molecule has 6 heteroatoms. The maximum atomic E-state index is 13.4. The molecule has 2 rings (SSSR count). The van der Waals surface area contributed by atoms with Crippen molar-refractivity contribution in [3.05, 3.63) is 54.1 Å². The van der Waals surface area contributed by atoms with Gasteiger partial charge in [-0.1, -0.05) is 0 Å². The minimum atomic E-state index is -0.630. The Kier molecular flexibility index (Phi) is 3.61. The van der Waals surface area contributed by atoms with Crippen molar-refractivity contribution in [1.82, 2.24) is 0 Å². The fourth-order valence-corrected chi connectivity index (χ4v) is 1.45. The summed E-state index contributed by atoms with van der Waals surface area (Å²) in [5.41, 5.74) is 6.06. The van der Waals surface area contributed by atoms with Gasteiger partial charge < -0.3 is 16.4 Å². The second-order valence-corrected chi connectivity index (χ2v) is 3.83. The Morgan fingerprint density at radius 1 is 1.00 bits per heavy atom. The van der Waals surface area contributed by atoms with Crippen LogP contribution in [0.2, 0.25) is 0 Å². The SMILES string of the molecule is Nc1ccc(NC(=O)Nc2ccc(F)cc2)c(F)c1. The summed E-state index contributed by atoms with van der Waals surface area (Å²) >= 11 is 0. The number of anilines is 3. The molecule has 2 aromatic rings. The van der Waals surface area contributed by atoms with Crippen molar-refractivity contribution < 1.29 is 13.6 Å². The molecule has 0 spiro atoms. The summed E-state index contributed by atoms with van der Waals surface area (Å²) in [5.74, 6) is -1.04. The van der Waals surface area contributed by atoms with Crippen LogP contribution in [0, 0.1) is 11.6 Å². The van der Waals surface area contributed by atoms with Crippen LogP contribution in [-0.4, -0.2) is 6.03 Å². The predicted octanol–water partition coefficient (Wildman–Crippen LogP) is 3.19. The molecule has 2 amide bonds. The van der Waals surface area contributed by atoms with Crippen LogP contribution < -0.4 is 16.4 Å². The van der Waals surface area contributed by atoms with Crippen molar-refractivity contribution in [2.24, 2.45) is 0 Å². The third-order valence-electron chi connectivity index (χ3n) is 2.34. The molecule has 4 nitrogen and oxygen atoms in total. The number of carbonyl (C=O) groups is 1. The predicted molar refractivity (Wildman–Crippen MR) is 69.9 cm³/mol. The summed E-state index contributed by atoms with van der Waals surface area (Å²) in [6, 6.07) is 8.51. The zero-order chi connectivity index (χ0) is 13.8. The summed E-state index contributed by atoms with van der Waals surface area (Å²) in [6.07, 6.45) is 0. The standard InChI is InChI=1S/C13H11F2N3O/c14-8-1-4-10(5-2-8)17-13(19)18-12-6-3-9(16)7-11(12)15/h1-7H,16H2,(H2,17,18,19). The van der Waals surface area contributed by atoms with Crippen LogP contribution in [0.1, 0.15) is 0 Å². The second kappa shape index (κ2) is 5.34. The normalized spacial score (nSPS) is 10.0. The molecule has 0 atom stereocenters. The van der Waals surface area contributed by atoms with Gasteiger partial charge in [-0.15, -0.1) is 0 Å². The summed E-state index contributed by atoms with van der Waals surface area (Å²) < 4.78 is 26.1. The molecule has 0 aliphatic carbocycles. The fraction of sp³-hybridized carbons (Fsp3) is 0. The molecule has 98 valence electrons. The van der Waals surface area contributed by atoms with Crippen LogP contribution in [-0.2, 0) is 0 Å². The van der Waals surface area contributed by atoms with E-state index in [0.29, 0.717) is 5.69 Å². The average molecular weight is 263 g/mol. The smallest absolute Gasteiger partial charge is 0.323 e. The van der Waals surface area contributed by atoms with E-state index in [4.69, 9.17) is 5.73 Å². The number of nitrogens with two attached hydrogens (primary N) is 1. The van der Waals surface area contributed by atoms with Crippen LogP contribution in [0.3, 0.4) is 0 Å². The zero-order valence-electron chi connectivity index (χ0n) is 9.78. The lowest BCUT2D eigenvalue weighted by Crippen LogP contribution is -2.20. The number of nitrogen functional groups attached to an aromatic ring is 1. The van der Waals surface area contributed by atoms with E-state index < -0.39 is 17.7 Å². The molecule has 0 bridgehead atoms. The van der Waals surface area contributed by atoms with Crippen LogP contribution in [0.15, 0.2) is 42.5 Å². The van der Waals surface area contributed by atoms with Crippen molar-refractivity contribution in [2.75, 3.05) is 16.4 Å². The second-order valence-electron chi connectivity index (χ2n) is 3.83. The highest BCUT2D eigenvalue weighted by atomic mass is 19.1. The molecule has 4 N–H and O–H groups in total. The van der Waals surface area contributed by atoms with Crippen LogP contribution in [0.25, 0.3) is 0 Å². The van der Waals surface area contributed by atoms with Gasteiger partial charge in [-0.2, -0.15) is 0 Å². The Labute approximate surface area is 108 Å². The molecule has 0 aromatic heterocycles. The molecule has 2 aromatic carbocycles. The topological polar surface area (TPSA) is 67.1 Å². The Morgan fingerprint density at radius 3 is 2.32 bits per heavy atom. The lowest BCUT2D eigenvalue weighted by Gasteiger charge is -2.08. The molecule has 0 fully saturated rings. The number of benzene rings is 2. The number of carbonyl (C=O) groups excluding carboxylic acids is 1. The monoisotopic (exact) mass is 263 g/mol. The van der Waals surface area contributed by atoms with Crippen molar-refractivity contribution in [1.29, 1.82) is 0 Å². The van der Waals surface area contributed by atoms with Gasteiger partial charge in [0.15, 0.2) is 0 Å². The molecular formula is C13H11F2N3O. The van der Waals surface area contributed by atoms with Gasteiger partial charge in [0.1, 0.15) is 11.6 Å². The van der Waals surface area contributed by atoms with E-state index in [2.05, 4.69) is 10.6 Å². The largest absolute Gasteiger partial charge is 0.399 e. The Bertz CT molecular complexity index is 599. The number of urea groups is 1. The highest BCUT2D eigenvalue weighted by molar-refractivity contribution is 5.99. The number of halogens is 2. The maximum Gasteiger partial charge on any atom is 0.323 e. The molecule has 0 aliphatic heterocycles. The highest BCUT2D eigenvalue weighted by Crippen LogP contribution is 2.17. The van der Waals surface area contributed by atoms with E-state index in [-0.39, 0.29) is 11.4 Å². The lowest BCUT2D eigenvalue weighted by molar-refractivity contribution is 0.262. The molecule has 0 saturated carbocycles. The lowest BCUT2D eigenvalue weighted by atomic mass is 10.2. The van der Waals surface area contributed by atoms with Crippen molar-refractivity contribution in [3.8, 4) is 0 Å². The number of amides is 2. The van der Waals surface area contributed by atoms with Gasteiger partial charge in [0.25, 0.3) is 0 Å². The third kappa shape index (κ3) is 3.41. The Hall–Kier alpha value is -2.63. The van der Waals surface area contributed by atoms with Gasteiger partial charge >= 0.3 is 6.03 Å². The minimum Gasteiger partial charge on any atom is -0.399 e. The van der Waals surface area contributed by atoms with E-state index in [9.17, 15) is 13.6 Å². The fourth-order valence-electron chi connectivity index (χ4n) is 1.45. The zero-order valence-corrected chi connectivity index (χ0v) is 9.78. The van der Waals surface area contributed by atoms with E-state index in [1.165, 1.54) is 36.4 Å². The van der Waals surface area contributed by atoms with E-state index in [1.807, 2.05) is 0 Å². The van der Waals surface area contributed by atoms with Crippen molar-refractivity contribution in [3.63, 3.8) is 0 Å². The number of rotatable bonds is 2. The summed E-state index contributed by atoms with van der Waals surface area (Å²) in [4.78, 5) is 11.6. The molecule has 0 heterocycles. The minimum absolute atomic E-state index is 0.00816. The number of hydrogen-bond donors (Lipinski definition) is 3. The Morgan fingerprint density at radius 2 is 1.68 bits per heavy atom. The Balaban J connectivity index is 2.03. The first kappa shape index (κ1) is 12.8. The first-order valence-electron chi connectivity index (χ1n) is 5.43. The summed E-state index contributed by atoms with van der Waals surface area (Å²) in [6.45, 7) is 0. The summed E-state index contributed by atoms with van der Waals surface area (Å²) in [7, 11) is 0. The van der Waals surface area contributed by atoms with Gasteiger partial charge in [-0.05, 0) is 42.5 Å². The van der Waals surface area contributed by atoms with Crippen LogP contribution in [0.5, 0.6) is 0 Å². The molecule has 0 saturated heterocycles. The average Bonchev–Trinajstić information content (AvgIpc) is 2.36. The van der Waals surface area contributed by atoms with E-state index in [0.717, 1.165) is 6.07 Å². The molecule has 19 heavy (non-hydrogen) atoms. The van der Waals surface area contributed by atoms with Gasteiger partial charge in [-0.25, -0.2) is 13.6 Å². The first-order chi connectivity index (χ1) is 9.04. The molecule has 0 radical (unpaired) electrons. The van der Waals surface area contributed by atoms with Crippen LogP contribution in [0.4, 0.5) is 30.6 Å². The van der Waals surface area contributed by atoms with Gasteiger partial charge in [0.2, 0.25) is 0 Å². The van der Waals surface area contributed by atoms with Crippen molar-refractivity contribution >= 4 is 23.1 Å². The number of hydrogen-bond acceptors (Lipinski definition) is 2. The summed E-state index contributed by atoms with van der Waals surface area (Å²) in [5, 5.41) is 4.77. The molecule has 0 aliphatic rings. The maximum absolute atomic E-state index is 13.4. The van der Waals surface area contributed by atoms with Crippen LogP contribution >= 0.6 is 0 Å². The van der Waals surface area contributed by atoms with Gasteiger partial charge in [0.05, 0.1) is 5.69 Å². The number of nitrogens with one attached hydrogen (secondary N) is 2. The first-order valence-corrected chi connectivity index (χ1v) is 5.43. The molecule has 0 unspecified atom stereocenters. The highest BCUT2D eigenvalue weighted by Gasteiger charge is 2.07. The van der Waals surface area contributed by atoms with E-state index in [1.54, 1.807) is 0 Å². The quantitative estimate of drug-likeness (QED) is 0.728. The van der Waals surface area contributed by atoms with E-state index >= 15 is 0 Å². The molecular weight excluding hydrogens is 252 g/mol.